The first-order valence-corrected chi connectivity index (χ1v) is 5.95. The average molecular weight is 272 g/mol. The lowest BCUT2D eigenvalue weighted by Gasteiger charge is -2.29. The van der Waals surface area contributed by atoms with Gasteiger partial charge in [0.1, 0.15) is 11.4 Å². The Morgan fingerprint density at radius 1 is 1.47 bits per heavy atom. The molecule has 0 spiro atoms. The monoisotopic (exact) mass is 272 g/mol. The average Bonchev–Trinajstić information content (AvgIpc) is 2.38. The van der Waals surface area contributed by atoms with Gasteiger partial charge in [-0.15, -0.1) is 0 Å². The van der Waals surface area contributed by atoms with E-state index < -0.39 is 24.3 Å². The molecular weight excluding hydrogens is 257 g/mol. The van der Waals surface area contributed by atoms with Crippen molar-refractivity contribution in [2.45, 2.75) is 18.9 Å². The van der Waals surface area contributed by atoms with Crippen LogP contribution in [0.5, 0.6) is 0 Å². The molecule has 1 aliphatic heterocycles. The highest BCUT2D eigenvalue weighted by molar-refractivity contribution is 5.61. The summed E-state index contributed by atoms with van der Waals surface area (Å²) in [4.78, 5) is 4.26. The van der Waals surface area contributed by atoms with E-state index in [1.165, 1.54) is 18.2 Å². The minimum absolute atomic E-state index is 0.263. The van der Waals surface area contributed by atoms with E-state index in [4.69, 9.17) is 4.74 Å². The van der Waals surface area contributed by atoms with Gasteiger partial charge in [-0.2, -0.15) is 0 Å². The quantitative estimate of drug-likeness (QED) is 0.914. The highest BCUT2D eigenvalue weighted by atomic mass is 19.3. The van der Waals surface area contributed by atoms with Crippen molar-refractivity contribution < 1.29 is 17.9 Å². The molecule has 0 saturated heterocycles. The first kappa shape index (κ1) is 13.9. The van der Waals surface area contributed by atoms with Crippen molar-refractivity contribution in [3.8, 4) is 0 Å². The Bertz CT molecular complexity index is 479. The molecule has 1 N–H and O–H groups in total. The fraction of sp³-hybridized carbons (Fsp3) is 0.462. The van der Waals surface area contributed by atoms with Crippen molar-refractivity contribution in [1.82, 2.24) is 0 Å². The van der Waals surface area contributed by atoms with Gasteiger partial charge in [0.15, 0.2) is 0 Å². The van der Waals surface area contributed by atoms with Crippen LogP contribution in [0.4, 0.5) is 18.9 Å². The van der Waals surface area contributed by atoms with Gasteiger partial charge in [0.25, 0.3) is 6.43 Å². The Kier molecular flexibility index (Phi) is 4.09. The number of nitrogens with zero attached hydrogens (tertiary/aromatic N) is 1. The molecule has 0 saturated carbocycles. The zero-order valence-corrected chi connectivity index (χ0v) is 10.5. The van der Waals surface area contributed by atoms with Crippen molar-refractivity contribution >= 4 is 11.9 Å². The summed E-state index contributed by atoms with van der Waals surface area (Å²) in [6, 6.07) is 4.18. The van der Waals surface area contributed by atoms with Gasteiger partial charge in [0.05, 0.1) is 19.8 Å². The van der Waals surface area contributed by atoms with Gasteiger partial charge in [-0.05, 0) is 25.1 Å². The lowest BCUT2D eigenvalue weighted by Crippen LogP contribution is -2.31. The van der Waals surface area contributed by atoms with Gasteiger partial charge in [-0.1, -0.05) is 0 Å². The molecule has 1 heterocycles. The van der Waals surface area contributed by atoms with Crippen LogP contribution in [-0.4, -0.2) is 32.4 Å². The highest BCUT2D eigenvalue weighted by Crippen LogP contribution is 2.31. The standard InChI is InChI=1S/C13H15F3N2O/c1-13(8-19-5-4-18-13)10-6-9(2-3-11(10)14)17-7-12(15)16/h2-4,6,12,17H,5,7-8H2,1H3/t13-/m0/s1. The van der Waals surface area contributed by atoms with Gasteiger partial charge < -0.3 is 10.1 Å². The summed E-state index contributed by atoms with van der Waals surface area (Å²) in [6.45, 7) is 1.94. The van der Waals surface area contributed by atoms with E-state index in [0.29, 0.717) is 17.9 Å². The van der Waals surface area contributed by atoms with E-state index in [2.05, 4.69) is 10.3 Å². The number of hydrogen-bond acceptors (Lipinski definition) is 3. The van der Waals surface area contributed by atoms with E-state index >= 15 is 0 Å². The molecular formula is C13H15F3N2O. The van der Waals surface area contributed by atoms with Crippen LogP contribution in [0.1, 0.15) is 12.5 Å². The lowest BCUT2D eigenvalue weighted by molar-refractivity contribution is 0.108. The fourth-order valence-corrected chi connectivity index (χ4v) is 1.98. The number of rotatable bonds is 4. The molecule has 0 bridgehead atoms. The summed E-state index contributed by atoms with van der Waals surface area (Å²) in [5.74, 6) is -0.423. The summed E-state index contributed by atoms with van der Waals surface area (Å²) in [5, 5.41) is 2.56. The molecule has 0 radical (unpaired) electrons. The predicted octanol–water partition coefficient (Wildman–Crippen LogP) is 2.82. The summed E-state index contributed by atoms with van der Waals surface area (Å²) in [5.41, 5.74) is -0.0355. The number of alkyl halides is 2. The van der Waals surface area contributed by atoms with Crippen LogP contribution >= 0.6 is 0 Å². The first-order valence-electron chi connectivity index (χ1n) is 5.95. The number of aliphatic imine (C=N–C) groups is 1. The van der Waals surface area contributed by atoms with Crippen molar-refractivity contribution in [2.24, 2.45) is 4.99 Å². The van der Waals surface area contributed by atoms with Crippen LogP contribution < -0.4 is 5.32 Å². The van der Waals surface area contributed by atoms with Gasteiger partial charge >= 0.3 is 0 Å². The van der Waals surface area contributed by atoms with E-state index in [1.54, 1.807) is 13.1 Å². The van der Waals surface area contributed by atoms with Crippen molar-refractivity contribution in [1.29, 1.82) is 0 Å². The Labute approximate surface area is 109 Å². The second kappa shape index (κ2) is 5.61. The van der Waals surface area contributed by atoms with Crippen LogP contribution in [-0.2, 0) is 10.3 Å². The minimum Gasteiger partial charge on any atom is -0.379 e. The summed E-state index contributed by atoms with van der Waals surface area (Å²) < 4.78 is 43.5. The van der Waals surface area contributed by atoms with E-state index in [0.717, 1.165) is 0 Å². The Morgan fingerprint density at radius 3 is 2.89 bits per heavy atom. The van der Waals surface area contributed by atoms with Crippen molar-refractivity contribution in [3.63, 3.8) is 0 Å². The molecule has 0 amide bonds. The van der Waals surface area contributed by atoms with Gasteiger partial charge in [0, 0.05) is 17.5 Å². The molecule has 0 aliphatic carbocycles. The normalized spacial score (nSPS) is 22.8. The molecule has 0 fully saturated rings. The fourth-order valence-electron chi connectivity index (χ4n) is 1.98. The molecule has 3 nitrogen and oxygen atoms in total. The molecule has 0 unspecified atom stereocenters. The highest BCUT2D eigenvalue weighted by Gasteiger charge is 2.30. The second-order valence-electron chi connectivity index (χ2n) is 4.57. The van der Waals surface area contributed by atoms with Crippen LogP contribution in [0.2, 0.25) is 0 Å². The number of hydrogen-bond donors (Lipinski definition) is 1. The SMILES string of the molecule is C[C@@]1(c2cc(NCC(F)F)ccc2F)COCC=N1. The molecule has 1 atom stereocenters. The maximum atomic E-state index is 13.9. The molecule has 6 heteroatoms. The number of ether oxygens (including phenoxy) is 1. The molecule has 1 aromatic rings. The number of anilines is 1. The molecule has 0 aromatic heterocycles. The van der Waals surface area contributed by atoms with E-state index in [-0.39, 0.29) is 6.61 Å². The molecule has 2 rings (SSSR count). The third-order valence-electron chi connectivity index (χ3n) is 2.96. The second-order valence-corrected chi connectivity index (χ2v) is 4.57. The number of benzene rings is 1. The van der Waals surface area contributed by atoms with E-state index in [1.807, 2.05) is 0 Å². The van der Waals surface area contributed by atoms with Crippen molar-refractivity contribution in [3.05, 3.63) is 29.6 Å². The molecule has 1 aliphatic rings. The lowest BCUT2D eigenvalue weighted by atomic mass is 9.92. The Morgan fingerprint density at radius 2 is 2.26 bits per heavy atom. The van der Waals surface area contributed by atoms with Crippen LogP contribution in [0.3, 0.4) is 0 Å². The van der Waals surface area contributed by atoms with E-state index in [9.17, 15) is 13.2 Å². The predicted molar refractivity (Wildman–Crippen MR) is 67.6 cm³/mol. The molecule has 1 aromatic carbocycles. The summed E-state index contributed by atoms with van der Waals surface area (Å²) in [7, 11) is 0. The first-order chi connectivity index (χ1) is 9.01. The summed E-state index contributed by atoms with van der Waals surface area (Å²) >= 11 is 0. The van der Waals surface area contributed by atoms with Gasteiger partial charge in [-0.3, -0.25) is 4.99 Å². The van der Waals surface area contributed by atoms with Crippen molar-refractivity contribution in [2.75, 3.05) is 25.1 Å². The number of halogens is 3. The zero-order valence-electron chi connectivity index (χ0n) is 10.5. The summed E-state index contributed by atoms with van der Waals surface area (Å²) in [6.07, 6.45) is -0.873. The van der Waals surface area contributed by atoms with Gasteiger partial charge in [0.2, 0.25) is 0 Å². The van der Waals surface area contributed by atoms with Crippen LogP contribution in [0.15, 0.2) is 23.2 Å². The van der Waals surface area contributed by atoms with Crippen LogP contribution in [0.25, 0.3) is 0 Å². The zero-order chi connectivity index (χ0) is 13.9. The third-order valence-corrected chi connectivity index (χ3v) is 2.96. The Hall–Kier alpha value is -1.56. The topological polar surface area (TPSA) is 33.6 Å². The third kappa shape index (κ3) is 3.26. The maximum absolute atomic E-state index is 13.9. The van der Waals surface area contributed by atoms with Crippen LogP contribution in [0, 0.1) is 5.82 Å². The maximum Gasteiger partial charge on any atom is 0.255 e. The largest absolute Gasteiger partial charge is 0.379 e. The van der Waals surface area contributed by atoms with Gasteiger partial charge in [-0.25, -0.2) is 13.2 Å². The molecule has 19 heavy (non-hydrogen) atoms. The Balaban J connectivity index is 2.26. The number of nitrogens with one attached hydrogen (secondary N) is 1. The minimum atomic E-state index is -2.46. The smallest absolute Gasteiger partial charge is 0.255 e. The molecule has 104 valence electrons.